The molecule has 0 atom stereocenters. The number of hydrogen-bond donors (Lipinski definition) is 3. The van der Waals surface area contributed by atoms with Gasteiger partial charge >= 0.3 is 0 Å². The molecule has 0 aliphatic heterocycles. The fourth-order valence-corrected chi connectivity index (χ4v) is 2.65. The predicted molar refractivity (Wildman–Crippen MR) is 74.5 cm³/mol. The summed E-state index contributed by atoms with van der Waals surface area (Å²) in [6, 6.07) is 3.17. The van der Waals surface area contributed by atoms with Gasteiger partial charge in [-0.15, -0.1) is 0 Å². The zero-order chi connectivity index (χ0) is 13.9. The molecule has 1 aliphatic rings. The smallest absolute Gasteiger partial charge is 0.252 e. The molecule has 5 nitrogen and oxygen atoms in total. The van der Waals surface area contributed by atoms with E-state index in [2.05, 4.69) is 15.6 Å². The van der Waals surface area contributed by atoms with Crippen LogP contribution in [-0.4, -0.2) is 35.2 Å². The first-order valence-electron chi connectivity index (χ1n) is 6.37. The Morgan fingerprint density at radius 3 is 2.74 bits per heavy atom. The molecule has 1 amide bonds. The Balaban J connectivity index is 2.17. The van der Waals surface area contributed by atoms with E-state index in [4.69, 9.17) is 11.6 Å². The quantitative estimate of drug-likeness (QED) is 0.737. The molecule has 104 valence electrons. The molecule has 0 spiro atoms. The van der Waals surface area contributed by atoms with Crippen molar-refractivity contribution in [2.24, 2.45) is 0 Å². The van der Waals surface area contributed by atoms with E-state index in [-0.39, 0.29) is 17.7 Å². The van der Waals surface area contributed by atoms with Crippen LogP contribution >= 0.6 is 11.6 Å². The van der Waals surface area contributed by atoms with Crippen molar-refractivity contribution in [3.8, 4) is 0 Å². The second-order valence-electron chi connectivity index (χ2n) is 4.91. The van der Waals surface area contributed by atoms with Crippen LogP contribution in [-0.2, 0) is 0 Å². The molecule has 1 fully saturated rings. The monoisotopic (exact) mass is 283 g/mol. The van der Waals surface area contributed by atoms with E-state index in [1.165, 1.54) is 6.07 Å². The molecule has 6 heteroatoms. The fourth-order valence-electron chi connectivity index (χ4n) is 2.44. The van der Waals surface area contributed by atoms with Crippen molar-refractivity contribution in [3.05, 3.63) is 22.8 Å². The first kappa shape index (κ1) is 14.1. The number of hydrogen-bond acceptors (Lipinski definition) is 4. The van der Waals surface area contributed by atoms with E-state index in [9.17, 15) is 9.90 Å². The fraction of sp³-hybridized carbons (Fsp3) is 0.538. The van der Waals surface area contributed by atoms with Crippen LogP contribution in [0.1, 0.15) is 36.0 Å². The molecule has 0 radical (unpaired) electrons. The number of aromatic nitrogens is 1. The molecule has 19 heavy (non-hydrogen) atoms. The van der Waals surface area contributed by atoms with E-state index in [0.29, 0.717) is 11.4 Å². The molecular weight excluding hydrogens is 266 g/mol. The first-order chi connectivity index (χ1) is 9.08. The number of amides is 1. The van der Waals surface area contributed by atoms with Crippen molar-refractivity contribution in [1.29, 1.82) is 0 Å². The van der Waals surface area contributed by atoms with Crippen molar-refractivity contribution in [2.75, 3.05) is 19.0 Å². The number of carbonyl (C=O) groups excluding carboxylic acids is 1. The minimum atomic E-state index is -0.480. The first-order valence-corrected chi connectivity index (χ1v) is 6.75. The van der Waals surface area contributed by atoms with Gasteiger partial charge in [0, 0.05) is 12.6 Å². The number of rotatable bonds is 4. The summed E-state index contributed by atoms with van der Waals surface area (Å²) in [6.45, 7) is -0.0313. The number of halogens is 1. The van der Waals surface area contributed by atoms with Gasteiger partial charge < -0.3 is 15.7 Å². The second-order valence-corrected chi connectivity index (χ2v) is 5.30. The second kappa shape index (κ2) is 5.75. The third kappa shape index (κ3) is 3.16. The molecule has 1 saturated carbocycles. The normalized spacial score (nSPS) is 17.2. The highest BCUT2D eigenvalue weighted by molar-refractivity contribution is 6.29. The largest absolute Gasteiger partial charge is 0.394 e. The zero-order valence-corrected chi connectivity index (χ0v) is 11.6. The summed E-state index contributed by atoms with van der Waals surface area (Å²) in [4.78, 5) is 16.3. The lowest BCUT2D eigenvalue weighted by molar-refractivity contribution is 0.0838. The predicted octanol–water partition coefficient (Wildman–Crippen LogP) is 1.81. The maximum Gasteiger partial charge on any atom is 0.252 e. The minimum absolute atomic E-state index is 0.0313. The van der Waals surface area contributed by atoms with Gasteiger partial charge in [0.15, 0.2) is 0 Å². The van der Waals surface area contributed by atoms with E-state index >= 15 is 0 Å². The molecule has 0 aromatic carbocycles. The van der Waals surface area contributed by atoms with Crippen molar-refractivity contribution in [1.82, 2.24) is 10.3 Å². The van der Waals surface area contributed by atoms with E-state index in [1.807, 2.05) is 0 Å². The number of aliphatic hydroxyl groups excluding tert-OH is 1. The third-order valence-corrected chi connectivity index (χ3v) is 3.75. The van der Waals surface area contributed by atoms with Gasteiger partial charge in [0.2, 0.25) is 0 Å². The molecular formula is C13H18ClN3O2. The number of aliphatic hydroxyl groups is 1. The SMILES string of the molecule is CNc1cc(C(=O)NC2(CO)CCCC2)cc(Cl)n1. The lowest BCUT2D eigenvalue weighted by Gasteiger charge is -2.28. The van der Waals surface area contributed by atoms with Gasteiger partial charge in [-0.1, -0.05) is 24.4 Å². The van der Waals surface area contributed by atoms with E-state index in [0.717, 1.165) is 25.7 Å². The summed E-state index contributed by atoms with van der Waals surface area (Å²) in [7, 11) is 1.71. The van der Waals surface area contributed by atoms with Crippen molar-refractivity contribution in [2.45, 2.75) is 31.2 Å². The highest BCUT2D eigenvalue weighted by Gasteiger charge is 2.34. The Kier molecular flexibility index (Phi) is 4.27. The molecule has 2 rings (SSSR count). The van der Waals surface area contributed by atoms with E-state index < -0.39 is 5.54 Å². The van der Waals surface area contributed by atoms with Crippen LogP contribution < -0.4 is 10.6 Å². The zero-order valence-electron chi connectivity index (χ0n) is 10.9. The Morgan fingerprint density at radius 1 is 1.47 bits per heavy atom. The summed E-state index contributed by atoms with van der Waals surface area (Å²) in [5.74, 6) is 0.318. The van der Waals surface area contributed by atoms with Gasteiger partial charge in [-0.25, -0.2) is 4.98 Å². The van der Waals surface area contributed by atoms with Crippen molar-refractivity contribution >= 4 is 23.3 Å². The van der Waals surface area contributed by atoms with Gasteiger partial charge in [-0.2, -0.15) is 0 Å². The summed E-state index contributed by atoms with van der Waals surface area (Å²) in [5.41, 5.74) is -0.0313. The minimum Gasteiger partial charge on any atom is -0.394 e. The number of nitrogens with one attached hydrogen (secondary N) is 2. The molecule has 1 aromatic heterocycles. The van der Waals surface area contributed by atoms with Gasteiger partial charge in [0.1, 0.15) is 11.0 Å². The summed E-state index contributed by atoms with van der Waals surface area (Å²) < 4.78 is 0. The van der Waals surface area contributed by atoms with Crippen LogP contribution in [0.5, 0.6) is 0 Å². The van der Waals surface area contributed by atoms with E-state index in [1.54, 1.807) is 13.1 Å². The van der Waals surface area contributed by atoms with Gasteiger partial charge in [0.25, 0.3) is 5.91 Å². The van der Waals surface area contributed by atoms with Crippen LogP contribution in [0.2, 0.25) is 5.15 Å². The molecule has 0 unspecified atom stereocenters. The topological polar surface area (TPSA) is 74.2 Å². The molecule has 1 aromatic rings. The molecule has 3 N–H and O–H groups in total. The Bertz CT molecular complexity index is 473. The number of nitrogens with zero attached hydrogens (tertiary/aromatic N) is 1. The van der Waals surface area contributed by atoms with Crippen LogP contribution in [0, 0.1) is 0 Å². The highest BCUT2D eigenvalue weighted by Crippen LogP contribution is 2.29. The standard InChI is InChI=1S/C13H18ClN3O2/c1-15-11-7-9(6-10(14)16-11)12(19)17-13(8-18)4-2-3-5-13/h6-7,18H,2-5,8H2,1H3,(H,15,16)(H,17,19). The van der Waals surface area contributed by atoms with Crippen LogP contribution in [0.15, 0.2) is 12.1 Å². The molecule has 1 aliphatic carbocycles. The Morgan fingerprint density at radius 2 is 2.16 bits per heavy atom. The molecule has 0 saturated heterocycles. The number of pyridine rings is 1. The summed E-state index contributed by atoms with van der Waals surface area (Å²) in [5, 5.41) is 15.6. The summed E-state index contributed by atoms with van der Waals surface area (Å²) in [6.07, 6.45) is 3.68. The van der Waals surface area contributed by atoms with Crippen LogP contribution in [0.4, 0.5) is 5.82 Å². The van der Waals surface area contributed by atoms with Gasteiger partial charge in [0.05, 0.1) is 12.1 Å². The summed E-state index contributed by atoms with van der Waals surface area (Å²) >= 11 is 5.88. The third-order valence-electron chi connectivity index (χ3n) is 3.55. The van der Waals surface area contributed by atoms with Crippen LogP contribution in [0.25, 0.3) is 0 Å². The Labute approximate surface area is 117 Å². The average molecular weight is 284 g/mol. The van der Waals surface area contributed by atoms with Crippen molar-refractivity contribution < 1.29 is 9.90 Å². The lowest BCUT2D eigenvalue weighted by Crippen LogP contribution is -2.49. The molecule has 0 bridgehead atoms. The number of anilines is 1. The molecule has 1 heterocycles. The Hall–Kier alpha value is -1.33. The van der Waals surface area contributed by atoms with Gasteiger partial charge in [-0.3, -0.25) is 4.79 Å². The van der Waals surface area contributed by atoms with Crippen LogP contribution in [0.3, 0.4) is 0 Å². The number of carbonyl (C=O) groups is 1. The van der Waals surface area contributed by atoms with Gasteiger partial charge in [-0.05, 0) is 25.0 Å². The average Bonchev–Trinajstić information content (AvgIpc) is 2.87. The highest BCUT2D eigenvalue weighted by atomic mass is 35.5. The lowest BCUT2D eigenvalue weighted by atomic mass is 9.98. The maximum atomic E-state index is 12.2. The maximum absolute atomic E-state index is 12.2. The van der Waals surface area contributed by atoms with Crippen molar-refractivity contribution in [3.63, 3.8) is 0 Å².